The molecule has 6 heteroatoms. The summed E-state index contributed by atoms with van der Waals surface area (Å²) in [4.78, 5) is 25.3. The summed E-state index contributed by atoms with van der Waals surface area (Å²) in [6.07, 6.45) is 6.83. The molecule has 3 aromatic heterocycles. The predicted octanol–water partition coefficient (Wildman–Crippen LogP) is 4.03. The standard InChI is InChI=1S/C21H23N5O/c1-21(2,3)16-8-12-23-18(13-16)26-20(27)17-5-4-9-24-19(17)25-14-15-6-10-22-11-7-15/h4-13H,14H2,1-3H3,(H,24,25)(H,23,26,27). The minimum absolute atomic E-state index is 0.0199. The van der Waals surface area contributed by atoms with Crippen LogP contribution >= 0.6 is 0 Å². The lowest BCUT2D eigenvalue weighted by atomic mass is 9.88. The Hall–Kier alpha value is -3.28. The van der Waals surface area contributed by atoms with Crippen molar-refractivity contribution in [3.05, 3.63) is 77.9 Å². The summed E-state index contributed by atoms with van der Waals surface area (Å²) in [5.41, 5.74) is 2.61. The highest BCUT2D eigenvalue weighted by Gasteiger charge is 2.16. The number of nitrogens with one attached hydrogen (secondary N) is 2. The lowest BCUT2D eigenvalue weighted by Crippen LogP contribution is -2.17. The van der Waals surface area contributed by atoms with E-state index in [2.05, 4.69) is 46.4 Å². The number of amides is 1. The van der Waals surface area contributed by atoms with Gasteiger partial charge in [0.25, 0.3) is 5.91 Å². The largest absolute Gasteiger partial charge is 0.365 e. The van der Waals surface area contributed by atoms with Crippen LogP contribution in [-0.4, -0.2) is 20.9 Å². The van der Waals surface area contributed by atoms with Crippen molar-refractivity contribution in [2.75, 3.05) is 10.6 Å². The van der Waals surface area contributed by atoms with Crippen LogP contribution in [-0.2, 0) is 12.0 Å². The summed E-state index contributed by atoms with van der Waals surface area (Å²) in [6.45, 7) is 6.92. The molecule has 0 atom stereocenters. The Balaban J connectivity index is 1.75. The summed E-state index contributed by atoms with van der Waals surface area (Å²) in [5, 5.41) is 6.08. The summed E-state index contributed by atoms with van der Waals surface area (Å²) in [5.74, 6) is 0.800. The van der Waals surface area contributed by atoms with Crippen LogP contribution in [0.3, 0.4) is 0 Å². The molecule has 2 N–H and O–H groups in total. The molecule has 138 valence electrons. The highest BCUT2D eigenvalue weighted by Crippen LogP contribution is 2.24. The molecule has 0 aliphatic heterocycles. The number of anilines is 2. The van der Waals surface area contributed by atoms with E-state index >= 15 is 0 Å². The van der Waals surface area contributed by atoms with E-state index in [9.17, 15) is 4.79 Å². The third-order valence-electron chi connectivity index (χ3n) is 4.13. The van der Waals surface area contributed by atoms with Crippen molar-refractivity contribution in [3.63, 3.8) is 0 Å². The maximum Gasteiger partial charge on any atom is 0.260 e. The fraction of sp³-hybridized carbons (Fsp3) is 0.238. The normalized spacial score (nSPS) is 11.1. The first-order chi connectivity index (χ1) is 12.9. The van der Waals surface area contributed by atoms with Gasteiger partial charge in [0.15, 0.2) is 0 Å². The van der Waals surface area contributed by atoms with Gasteiger partial charge >= 0.3 is 0 Å². The molecular formula is C21H23N5O. The Morgan fingerprint density at radius 3 is 2.52 bits per heavy atom. The molecule has 0 saturated carbocycles. The Kier molecular flexibility index (Phi) is 5.45. The summed E-state index contributed by atoms with van der Waals surface area (Å²) >= 11 is 0. The van der Waals surface area contributed by atoms with Crippen LogP contribution in [0.2, 0.25) is 0 Å². The highest BCUT2D eigenvalue weighted by molar-refractivity contribution is 6.07. The van der Waals surface area contributed by atoms with Crippen LogP contribution in [0.5, 0.6) is 0 Å². The Labute approximate surface area is 159 Å². The molecule has 0 bridgehead atoms. The highest BCUT2D eigenvalue weighted by atomic mass is 16.1. The quantitative estimate of drug-likeness (QED) is 0.717. The van der Waals surface area contributed by atoms with Crippen LogP contribution < -0.4 is 10.6 Å². The van der Waals surface area contributed by atoms with Crippen LogP contribution in [0.25, 0.3) is 0 Å². The smallest absolute Gasteiger partial charge is 0.260 e. The molecule has 0 aromatic carbocycles. The van der Waals surface area contributed by atoms with Crippen molar-refractivity contribution in [1.29, 1.82) is 0 Å². The molecule has 6 nitrogen and oxygen atoms in total. The first-order valence-corrected chi connectivity index (χ1v) is 8.79. The van der Waals surface area contributed by atoms with Gasteiger partial charge in [-0.1, -0.05) is 20.8 Å². The van der Waals surface area contributed by atoms with Gasteiger partial charge in [-0.25, -0.2) is 9.97 Å². The molecular weight excluding hydrogens is 338 g/mol. The fourth-order valence-electron chi connectivity index (χ4n) is 2.56. The third-order valence-corrected chi connectivity index (χ3v) is 4.13. The summed E-state index contributed by atoms with van der Waals surface area (Å²) in [6, 6.07) is 11.2. The zero-order valence-electron chi connectivity index (χ0n) is 15.7. The average Bonchev–Trinajstić information content (AvgIpc) is 2.67. The van der Waals surface area contributed by atoms with Crippen molar-refractivity contribution in [1.82, 2.24) is 15.0 Å². The number of hydrogen-bond donors (Lipinski definition) is 2. The Morgan fingerprint density at radius 2 is 1.78 bits per heavy atom. The van der Waals surface area contributed by atoms with Crippen molar-refractivity contribution in [3.8, 4) is 0 Å². The maximum atomic E-state index is 12.8. The van der Waals surface area contributed by atoms with Gasteiger partial charge < -0.3 is 10.6 Å². The topological polar surface area (TPSA) is 79.8 Å². The number of pyridine rings is 3. The van der Waals surface area contributed by atoms with Crippen molar-refractivity contribution < 1.29 is 4.79 Å². The van der Waals surface area contributed by atoms with Gasteiger partial charge in [-0.05, 0) is 52.9 Å². The molecule has 0 saturated heterocycles. The number of hydrogen-bond acceptors (Lipinski definition) is 5. The Bertz CT molecular complexity index is 919. The molecule has 1 amide bonds. The lowest BCUT2D eigenvalue weighted by Gasteiger charge is -2.19. The van der Waals surface area contributed by atoms with E-state index in [1.807, 2.05) is 24.3 Å². The van der Waals surface area contributed by atoms with Gasteiger partial charge in [-0.3, -0.25) is 9.78 Å². The number of rotatable bonds is 5. The van der Waals surface area contributed by atoms with E-state index in [4.69, 9.17) is 0 Å². The number of nitrogens with zero attached hydrogens (tertiary/aromatic N) is 3. The molecule has 0 radical (unpaired) electrons. The van der Waals surface area contributed by atoms with E-state index in [0.29, 0.717) is 23.7 Å². The zero-order valence-corrected chi connectivity index (χ0v) is 15.7. The van der Waals surface area contributed by atoms with Gasteiger partial charge in [-0.2, -0.15) is 0 Å². The molecule has 0 aliphatic carbocycles. The van der Waals surface area contributed by atoms with Crippen molar-refractivity contribution >= 4 is 17.5 Å². The summed E-state index contributed by atoms with van der Waals surface area (Å²) in [7, 11) is 0. The lowest BCUT2D eigenvalue weighted by molar-refractivity contribution is 0.102. The molecule has 3 aromatic rings. The molecule has 0 unspecified atom stereocenters. The minimum Gasteiger partial charge on any atom is -0.365 e. The molecule has 0 spiro atoms. The fourth-order valence-corrected chi connectivity index (χ4v) is 2.56. The second kappa shape index (κ2) is 7.95. The van der Waals surface area contributed by atoms with Crippen LogP contribution in [0.1, 0.15) is 42.3 Å². The summed E-state index contributed by atoms with van der Waals surface area (Å²) < 4.78 is 0. The first-order valence-electron chi connectivity index (χ1n) is 8.79. The maximum absolute atomic E-state index is 12.8. The predicted molar refractivity (Wildman–Crippen MR) is 107 cm³/mol. The SMILES string of the molecule is CC(C)(C)c1ccnc(NC(=O)c2cccnc2NCc2ccncc2)c1. The first kappa shape index (κ1) is 18.5. The Morgan fingerprint density at radius 1 is 1.00 bits per heavy atom. The van der Waals surface area contributed by atoms with E-state index in [1.54, 1.807) is 36.9 Å². The zero-order chi connectivity index (χ0) is 19.3. The van der Waals surface area contributed by atoms with Crippen molar-refractivity contribution in [2.24, 2.45) is 0 Å². The van der Waals surface area contributed by atoms with Crippen LogP contribution in [0.4, 0.5) is 11.6 Å². The monoisotopic (exact) mass is 361 g/mol. The molecule has 0 fully saturated rings. The number of aromatic nitrogens is 3. The van der Waals surface area contributed by atoms with E-state index in [-0.39, 0.29) is 11.3 Å². The van der Waals surface area contributed by atoms with E-state index < -0.39 is 0 Å². The number of carbonyl (C=O) groups is 1. The van der Waals surface area contributed by atoms with Crippen LogP contribution in [0.15, 0.2) is 61.2 Å². The molecule has 0 aliphatic rings. The van der Waals surface area contributed by atoms with E-state index in [0.717, 1.165) is 11.1 Å². The van der Waals surface area contributed by atoms with Crippen molar-refractivity contribution in [2.45, 2.75) is 32.7 Å². The number of carbonyl (C=O) groups excluding carboxylic acids is 1. The van der Waals surface area contributed by atoms with Gasteiger partial charge in [0.1, 0.15) is 11.6 Å². The second-order valence-electron chi connectivity index (χ2n) is 7.24. The average molecular weight is 361 g/mol. The van der Waals surface area contributed by atoms with Gasteiger partial charge in [0, 0.05) is 31.3 Å². The van der Waals surface area contributed by atoms with E-state index in [1.165, 1.54) is 0 Å². The molecule has 3 heterocycles. The minimum atomic E-state index is -0.251. The van der Waals surface area contributed by atoms with Gasteiger partial charge in [0.05, 0.1) is 5.56 Å². The van der Waals surface area contributed by atoms with Gasteiger partial charge in [0.2, 0.25) is 0 Å². The molecule has 3 rings (SSSR count). The second-order valence-corrected chi connectivity index (χ2v) is 7.24. The van der Waals surface area contributed by atoms with Gasteiger partial charge in [-0.15, -0.1) is 0 Å². The van der Waals surface area contributed by atoms with Crippen LogP contribution in [0, 0.1) is 0 Å². The molecule has 27 heavy (non-hydrogen) atoms. The third kappa shape index (κ3) is 4.88.